The molecule has 1 atom stereocenters. The molecule has 1 N–H and O–H groups in total. The number of morpholine rings is 1. The summed E-state index contributed by atoms with van der Waals surface area (Å²) in [6.07, 6.45) is 0.893. The predicted molar refractivity (Wildman–Crippen MR) is 116 cm³/mol. The zero-order valence-electron chi connectivity index (χ0n) is 17.3. The van der Waals surface area contributed by atoms with Crippen molar-refractivity contribution >= 4 is 16.7 Å². The van der Waals surface area contributed by atoms with Gasteiger partial charge in [-0.25, -0.2) is 0 Å². The summed E-state index contributed by atoms with van der Waals surface area (Å²) in [6, 6.07) is 17.7. The zero-order valence-corrected chi connectivity index (χ0v) is 17.3. The van der Waals surface area contributed by atoms with Crippen LogP contribution in [0.4, 0.5) is 0 Å². The Labute approximate surface area is 176 Å². The van der Waals surface area contributed by atoms with Crippen molar-refractivity contribution in [2.75, 3.05) is 32.8 Å². The van der Waals surface area contributed by atoms with Gasteiger partial charge in [-0.15, -0.1) is 0 Å². The maximum absolute atomic E-state index is 12.5. The molecule has 0 radical (unpaired) electrons. The summed E-state index contributed by atoms with van der Waals surface area (Å²) in [4.78, 5) is 14.8. The number of nitrogens with zero attached hydrogens (tertiary/aromatic N) is 1. The highest BCUT2D eigenvalue weighted by Gasteiger charge is 2.16. The van der Waals surface area contributed by atoms with Crippen LogP contribution < -0.4 is 10.1 Å². The lowest BCUT2D eigenvalue weighted by Crippen LogP contribution is -2.40. The van der Waals surface area contributed by atoms with E-state index in [1.165, 1.54) is 5.39 Å². The smallest absolute Gasteiger partial charge is 0.287 e. The summed E-state index contributed by atoms with van der Waals surface area (Å²) in [5, 5.41) is 5.31. The molecule has 2 heterocycles. The average Bonchev–Trinajstić information content (AvgIpc) is 3.26. The fourth-order valence-electron chi connectivity index (χ4n) is 3.56. The van der Waals surface area contributed by atoms with Crippen LogP contribution in [-0.2, 0) is 11.3 Å². The molecule has 3 aromatic rings. The Bertz CT molecular complexity index is 978. The number of hydrogen-bond donors (Lipinski definition) is 1. The van der Waals surface area contributed by atoms with Gasteiger partial charge in [0, 0.05) is 25.7 Å². The van der Waals surface area contributed by atoms with Gasteiger partial charge >= 0.3 is 0 Å². The maximum atomic E-state index is 12.5. The standard InChI is InChI=1S/C24H28N2O4/c1-18(10-11-26-12-14-28-15-13-26)25-24(27)23-9-8-22(30-23)17-29-21-7-6-19-4-2-3-5-20(19)16-21/h2-9,16,18H,10-15,17H2,1H3,(H,25,27). The van der Waals surface area contributed by atoms with Crippen molar-refractivity contribution in [1.82, 2.24) is 10.2 Å². The third-order valence-electron chi connectivity index (χ3n) is 5.35. The first-order valence-electron chi connectivity index (χ1n) is 10.5. The molecule has 0 spiro atoms. The first-order valence-corrected chi connectivity index (χ1v) is 10.5. The van der Waals surface area contributed by atoms with E-state index in [1.54, 1.807) is 12.1 Å². The molecule has 1 fully saturated rings. The Hall–Kier alpha value is -2.83. The molecule has 1 aliphatic rings. The molecule has 1 saturated heterocycles. The highest BCUT2D eigenvalue weighted by Crippen LogP contribution is 2.21. The summed E-state index contributed by atoms with van der Waals surface area (Å²) in [5.41, 5.74) is 0. The number of fused-ring (bicyclic) bond motifs is 1. The number of carbonyl (C=O) groups excluding carboxylic acids is 1. The van der Waals surface area contributed by atoms with Crippen LogP contribution in [-0.4, -0.2) is 49.7 Å². The number of rotatable bonds is 8. The van der Waals surface area contributed by atoms with Gasteiger partial charge in [0.05, 0.1) is 13.2 Å². The molecule has 30 heavy (non-hydrogen) atoms. The van der Waals surface area contributed by atoms with E-state index in [0.717, 1.165) is 50.4 Å². The normalized spacial score (nSPS) is 15.8. The number of benzene rings is 2. The van der Waals surface area contributed by atoms with Gasteiger partial charge in [0.2, 0.25) is 0 Å². The summed E-state index contributed by atoms with van der Waals surface area (Å²) in [6.45, 7) is 6.74. The summed E-state index contributed by atoms with van der Waals surface area (Å²) >= 11 is 0. The zero-order chi connectivity index (χ0) is 20.8. The second-order valence-electron chi connectivity index (χ2n) is 7.68. The molecule has 6 heteroatoms. The lowest BCUT2D eigenvalue weighted by Gasteiger charge is -2.27. The van der Waals surface area contributed by atoms with Crippen molar-refractivity contribution in [3.63, 3.8) is 0 Å². The van der Waals surface area contributed by atoms with Crippen molar-refractivity contribution in [2.45, 2.75) is 26.0 Å². The minimum absolute atomic E-state index is 0.0720. The molecular weight excluding hydrogens is 380 g/mol. The quantitative estimate of drug-likeness (QED) is 0.613. The van der Waals surface area contributed by atoms with E-state index in [2.05, 4.69) is 22.3 Å². The molecule has 1 amide bonds. The third kappa shape index (κ3) is 5.40. The molecule has 6 nitrogen and oxygen atoms in total. The highest BCUT2D eigenvalue weighted by atomic mass is 16.5. The van der Waals surface area contributed by atoms with Gasteiger partial charge in [-0.2, -0.15) is 0 Å². The second kappa shape index (κ2) is 9.78. The van der Waals surface area contributed by atoms with Crippen LogP contribution in [0.2, 0.25) is 0 Å². The lowest BCUT2D eigenvalue weighted by atomic mass is 10.1. The maximum Gasteiger partial charge on any atom is 0.287 e. The van der Waals surface area contributed by atoms with Crippen LogP contribution in [0.5, 0.6) is 5.75 Å². The van der Waals surface area contributed by atoms with Crippen molar-refractivity contribution in [1.29, 1.82) is 0 Å². The second-order valence-corrected chi connectivity index (χ2v) is 7.68. The van der Waals surface area contributed by atoms with E-state index in [0.29, 0.717) is 11.5 Å². The summed E-state index contributed by atoms with van der Waals surface area (Å²) < 4.78 is 16.9. The molecule has 0 bridgehead atoms. The number of amides is 1. The topological polar surface area (TPSA) is 63.9 Å². The molecule has 1 aromatic heterocycles. The Balaban J connectivity index is 1.25. The average molecular weight is 408 g/mol. The van der Waals surface area contributed by atoms with Crippen LogP contribution >= 0.6 is 0 Å². The molecular formula is C24H28N2O4. The number of ether oxygens (including phenoxy) is 2. The van der Waals surface area contributed by atoms with E-state index in [9.17, 15) is 4.79 Å². The fraction of sp³-hybridized carbons (Fsp3) is 0.375. The van der Waals surface area contributed by atoms with E-state index >= 15 is 0 Å². The number of carbonyl (C=O) groups is 1. The van der Waals surface area contributed by atoms with Crippen molar-refractivity contribution in [3.05, 3.63) is 66.1 Å². The molecule has 158 valence electrons. The van der Waals surface area contributed by atoms with Crippen LogP contribution in [0, 0.1) is 0 Å². The number of nitrogens with one attached hydrogen (secondary N) is 1. The minimum atomic E-state index is -0.193. The van der Waals surface area contributed by atoms with E-state index in [1.807, 2.05) is 37.3 Å². The van der Waals surface area contributed by atoms with Crippen molar-refractivity contribution in [2.24, 2.45) is 0 Å². The monoisotopic (exact) mass is 408 g/mol. The lowest BCUT2D eigenvalue weighted by molar-refractivity contribution is 0.0362. The van der Waals surface area contributed by atoms with Crippen molar-refractivity contribution in [3.8, 4) is 5.75 Å². The first kappa shape index (κ1) is 20.4. The minimum Gasteiger partial charge on any atom is -0.486 e. The first-order chi connectivity index (χ1) is 14.7. The van der Waals surface area contributed by atoms with Gasteiger partial charge in [-0.3, -0.25) is 9.69 Å². The molecule has 1 aliphatic heterocycles. The van der Waals surface area contributed by atoms with Gasteiger partial charge in [-0.1, -0.05) is 30.3 Å². The molecule has 4 rings (SSSR count). The third-order valence-corrected chi connectivity index (χ3v) is 5.35. The van der Waals surface area contributed by atoms with Gasteiger partial charge < -0.3 is 19.2 Å². The largest absolute Gasteiger partial charge is 0.486 e. The van der Waals surface area contributed by atoms with Crippen LogP contribution in [0.3, 0.4) is 0 Å². The van der Waals surface area contributed by atoms with E-state index in [4.69, 9.17) is 13.9 Å². The fourth-order valence-corrected chi connectivity index (χ4v) is 3.56. The summed E-state index contributed by atoms with van der Waals surface area (Å²) in [5.74, 6) is 1.51. The SMILES string of the molecule is CC(CCN1CCOCC1)NC(=O)c1ccc(COc2ccc3ccccc3c2)o1. The van der Waals surface area contributed by atoms with Crippen LogP contribution in [0.15, 0.2) is 59.0 Å². The Morgan fingerprint density at radius 1 is 1.10 bits per heavy atom. The molecule has 0 saturated carbocycles. The van der Waals surface area contributed by atoms with E-state index < -0.39 is 0 Å². The van der Waals surface area contributed by atoms with Gasteiger partial charge in [0.1, 0.15) is 18.1 Å². The van der Waals surface area contributed by atoms with Gasteiger partial charge in [0.25, 0.3) is 5.91 Å². The summed E-state index contributed by atoms with van der Waals surface area (Å²) in [7, 11) is 0. The van der Waals surface area contributed by atoms with E-state index in [-0.39, 0.29) is 18.6 Å². The molecule has 0 aliphatic carbocycles. The number of hydrogen-bond acceptors (Lipinski definition) is 5. The van der Waals surface area contributed by atoms with Gasteiger partial charge in [-0.05, 0) is 48.4 Å². The predicted octanol–water partition coefficient (Wildman–Crippen LogP) is 3.85. The van der Waals surface area contributed by atoms with Crippen molar-refractivity contribution < 1.29 is 18.7 Å². The van der Waals surface area contributed by atoms with Crippen LogP contribution in [0.25, 0.3) is 10.8 Å². The van der Waals surface area contributed by atoms with Crippen LogP contribution in [0.1, 0.15) is 29.7 Å². The Morgan fingerprint density at radius 2 is 1.90 bits per heavy atom. The number of furan rings is 1. The molecule has 2 aromatic carbocycles. The Kier molecular flexibility index (Phi) is 6.67. The highest BCUT2D eigenvalue weighted by molar-refractivity contribution is 5.91. The van der Waals surface area contributed by atoms with Gasteiger partial charge in [0.15, 0.2) is 5.76 Å². The Morgan fingerprint density at radius 3 is 2.73 bits per heavy atom. The molecule has 1 unspecified atom stereocenters.